The lowest BCUT2D eigenvalue weighted by molar-refractivity contribution is 0.575. The normalized spacial score (nSPS) is 12.3. The van der Waals surface area contributed by atoms with Crippen LogP contribution in [0.4, 0.5) is 4.39 Å². The highest BCUT2D eigenvalue weighted by molar-refractivity contribution is 9.10. The van der Waals surface area contributed by atoms with Crippen molar-refractivity contribution in [3.05, 3.63) is 64.4 Å². The Morgan fingerprint density at radius 2 is 1.95 bits per heavy atom. The summed E-state index contributed by atoms with van der Waals surface area (Å²) in [6, 6.07) is 14.9. The van der Waals surface area contributed by atoms with Crippen LogP contribution in [0.15, 0.2) is 57.9 Å². The highest BCUT2D eigenvalue weighted by Gasteiger charge is 2.09. The topological polar surface area (TPSA) is 38.0 Å². The first-order valence-electron chi connectivity index (χ1n) is 6.26. The summed E-state index contributed by atoms with van der Waals surface area (Å²) in [5.41, 5.74) is 4.04. The molecule has 2 aromatic carbocycles. The minimum absolute atomic E-state index is 0.143. The van der Waals surface area contributed by atoms with Crippen LogP contribution >= 0.6 is 27.7 Å². The highest BCUT2D eigenvalue weighted by Crippen LogP contribution is 2.20. The van der Waals surface area contributed by atoms with E-state index in [2.05, 4.69) is 33.5 Å². The molecule has 0 fully saturated rings. The van der Waals surface area contributed by atoms with Crippen LogP contribution in [-0.4, -0.2) is 11.8 Å². The zero-order valence-corrected chi connectivity index (χ0v) is 13.3. The Morgan fingerprint density at radius 3 is 2.60 bits per heavy atom. The van der Waals surface area contributed by atoms with E-state index >= 15 is 0 Å². The van der Waals surface area contributed by atoms with Gasteiger partial charge in [-0.25, -0.2) is 4.39 Å². The summed E-state index contributed by atoms with van der Waals surface area (Å²) in [6.07, 6.45) is 0.839. The molecule has 2 rings (SSSR count). The van der Waals surface area contributed by atoms with Crippen LogP contribution < -0.4 is 11.3 Å². The highest BCUT2D eigenvalue weighted by atomic mass is 79.9. The second kappa shape index (κ2) is 7.78. The molecule has 0 bridgehead atoms. The van der Waals surface area contributed by atoms with Gasteiger partial charge in [0.05, 0.1) is 0 Å². The number of hydrazine groups is 1. The van der Waals surface area contributed by atoms with Gasteiger partial charge in [0.15, 0.2) is 0 Å². The lowest BCUT2D eigenvalue weighted by atomic mass is 10.1. The molecule has 0 aliphatic rings. The largest absolute Gasteiger partial charge is 0.271 e. The monoisotopic (exact) mass is 354 g/mol. The van der Waals surface area contributed by atoms with Gasteiger partial charge in [-0.2, -0.15) is 0 Å². The Morgan fingerprint density at radius 1 is 1.20 bits per heavy atom. The minimum atomic E-state index is -0.208. The number of rotatable bonds is 6. The Labute approximate surface area is 131 Å². The SMILES string of the molecule is NNC(CSc1cccc(F)c1)Cc1ccc(Br)cc1. The molecule has 0 aliphatic heterocycles. The van der Waals surface area contributed by atoms with E-state index in [0.717, 1.165) is 21.5 Å². The van der Waals surface area contributed by atoms with Gasteiger partial charge >= 0.3 is 0 Å². The van der Waals surface area contributed by atoms with Crippen LogP contribution in [0.25, 0.3) is 0 Å². The first-order valence-corrected chi connectivity index (χ1v) is 8.04. The fraction of sp³-hybridized carbons (Fsp3) is 0.200. The van der Waals surface area contributed by atoms with Crippen molar-refractivity contribution in [2.75, 3.05) is 5.75 Å². The number of hydrogen-bond acceptors (Lipinski definition) is 3. The average molecular weight is 355 g/mol. The molecular weight excluding hydrogens is 339 g/mol. The number of nitrogens with one attached hydrogen (secondary N) is 1. The Balaban J connectivity index is 1.90. The lowest BCUT2D eigenvalue weighted by Gasteiger charge is -2.15. The zero-order valence-electron chi connectivity index (χ0n) is 10.9. The third kappa shape index (κ3) is 4.90. The van der Waals surface area contributed by atoms with Crippen LogP contribution in [-0.2, 0) is 6.42 Å². The van der Waals surface area contributed by atoms with E-state index in [0.29, 0.717) is 0 Å². The van der Waals surface area contributed by atoms with Crippen molar-refractivity contribution < 1.29 is 4.39 Å². The van der Waals surface area contributed by atoms with Gasteiger partial charge in [-0.1, -0.05) is 34.1 Å². The van der Waals surface area contributed by atoms with Crippen LogP contribution in [0.2, 0.25) is 0 Å². The van der Waals surface area contributed by atoms with Crippen molar-refractivity contribution in [3.63, 3.8) is 0 Å². The van der Waals surface area contributed by atoms with Crippen LogP contribution in [0, 0.1) is 5.82 Å². The van der Waals surface area contributed by atoms with Crippen molar-refractivity contribution in [2.24, 2.45) is 5.84 Å². The number of halogens is 2. The van der Waals surface area contributed by atoms with Crippen molar-refractivity contribution >= 4 is 27.7 Å². The van der Waals surface area contributed by atoms with Gasteiger partial charge in [0, 0.05) is 21.2 Å². The molecule has 0 saturated heterocycles. The quantitative estimate of drug-likeness (QED) is 0.471. The summed E-state index contributed by atoms with van der Waals surface area (Å²) in [5.74, 6) is 6.18. The van der Waals surface area contributed by atoms with Crippen molar-refractivity contribution in [1.82, 2.24) is 5.43 Å². The molecule has 20 heavy (non-hydrogen) atoms. The van der Waals surface area contributed by atoms with Gasteiger partial charge < -0.3 is 0 Å². The number of thioether (sulfide) groups is 1. The molecule has 0 radical (unpaired) electrons. The zero-order chi connectivity index (χ0) is 14.4. The van der Waals surface area contributed by atoms with E-state index in [-0.39, 0.29) is 11.9 Å². The fourth-order valence-electron chi connectivity index (χ4n) is 1.82. The maximum absolute atomic E-state index is 13.1. The molecule has 106 valence electrons. The summed E-state index contributed by atoms with van der Waals surface area (Å²) >= 11 is 5.01. The average Bonchev–Trinajstić information content (AvgIpc) is 2.45. The molecular formula is C15H16BrFN2S. The summed E-state index contributed by atoms with van der Waals surface area (Å²) in [4.78, 5) is 0.918. The predicted octanol–water partition coefficient (Wildman–Crippen LogP) is 3.75. The fourth-order valence-corrected chi connectivity index (χ4v) is 3.07. The van der Waals surface area contributed by atoms with Crippen molar-refractivity contribution in [1.29, 1.82) is 0 Å². The molecule has 1 atom stereocenters. The van der Waals surface area contributed by atoms with Gasteiger partial charge in [0.1, 0.15) is 5.82 Å². The van der Waals surface area contributed by atoms with Gasteiger partial charge in [-0.3, -0.25) is 11.3 Å². The first kappa shape index (κ1) is 15.5. The summed E-state index contributed by atoms with van der Waals surface area (Å²) < 4.78 is 14.2. The molecule has 2 nitrogen and oxygen atoms in total. The number of benzene rings is 2. The molecule has 3 N–H and O–H groups in total. The smallest absolute Gasteiger partial charge is 0.124 e. The predicted molar refractivity (Wildman–Crippen MR) is 86.1 cm³/mol. The Bertz CT molecular complexity index is 548. The minimum Gasteiger partial charge on any atom is -0.271 e. The van der Waals surface area contributed by atoms with Gasteiger partial charge in [0.2, 0.25) is 0 Å². The lowest BCUT2D eigenvalue weighted by Crippen LogP contribution is -2.38. The van der Waals surface area contributed by atoms with Gasteiger partial charge in [0.25, 0.3) is 0 Å². The molecule has 0 heterocycles. The molecule has 0 amide bonds. The molecule has 0 aromatic heterocycles. The van der Waals surface area contributed by atoms with Gasteiger partial charge in [-0.05, 0) is 42.3 Å². The van der Waals surface area contributed by atoms with Crippen molar-refractivity contribution in [3.8, 4) is 0 Å². The number of hydrogen-bond donors (Lipinski definition) is 2. The maximum atomic E-state index is 13.1. The van der Waals surface area contributed by atoms with Crippen LogP contribution in [0.3, 0.4) is 0 Å². The Kier molecular flexibility index (Phi) is 6.04. The van der Waals surface area contributed by atoms with E-state index in [1.54, 1.807) is 17.8 Å². The first-order chi connectivity index (χ1) is 9.67. The van der Waals surface area contributed by atoms with E-state index in [1.807, 2.05) is 18.2 Å². The van der Waals surface area contributed by atoms with E-state index in [4.69, 9.17) is 5.84 Å². The molecule has 1 unspecified atom stereocenters. The van der Waals surface area contributed by atoms with E-state index < -0.39 is 0 Å². The Hall–Kier alpha value is -0.880. The maximum Gasteiger partial charge on any atom is 0.124 e. The number of nitrogens with two attached hydrogens (primary N) is 1. The molecule has 2 aromatic rings. The third-order valence-corrected chi connectivity index (χ3v) is 4.56. The summed E-state index contributed by atoms with van der Waals surface area (Å²) in [5, 5.41) is 0. The second-order valence-electron chi connectivity index (χ2n) is 4.46. The van der Waals surface area contributed by atoms with Crippen LogP contribution in [0.1, 0.15) is 5.56 Å². The van der Waals surface area contributed by atoms with Gasteiger partial charge in [-0.15, -0.1) is 11.8 Å². The molecule has 0 saturated carbocycles. The standard InChI is InChI=1S/C15H16BrFN2S/c16-12-6-4-11(5-7-12)8-14(19-18)10-20-15-3-1-2-13(17)9-15/h1-7,9,14,19H,8,10,18H2. The molecule has 0 spiro atoms. The van der Waals surface area contributed by atoms with E-state index in [9.17, 15) is 4.39 Å². The van der Waals surface area contributed by atoms with Crippen LogP contribution in [0.5, 0.6) is 0 Å². The third-order valence-electron chi connectivity index (χ3n) is 2.88. The molecule has 0 aliphatic carbocycles. The summed E-state index contributed by atoms with van der Waals surface area (Å²) in [6.45, 7) is 0. The van der Waals surface area contributed by atoms with Crippen molar-refractivity contribution in [2.45, 2.75) is 17.4 Å². The summed E-state index contributed by atoms with van der Waals surface area (Å²) in [7, 11) is 0. The second-order valence-corrected chi connectivity index (χ2v) is 6.47. The molecule has 5 heteroatoms. The van der Waals surface area contributed by atoms with E-state index in [1.165, 1.54) is 17.7 Å².